The number of rotatable bonds is 12. The Labute approximate surface area is 255 Å². The number of aryl methyl sites for hydroxylation is 3. The molecule has 224 valence electrons. The van der Waals surface area contributed by atoms with Crippen LogP contribution in [0.4, 0.5) is 5.69 Å². The molecule has 0 aromatic heterocycles. The predicted molar refractivity (Wildman–Crippen MR) is 171 cm³/mol. The molecule has 0 aliphatic carbocycles. The molecule has 0 aliphatic rings. The van der Waals surface area contributed by atoms with E-state index in [1.165, 1.54) is 17.0 Å². The van der Waals surface area contributed by atoms with Crippen LogP contribution in [0.5, 0.6) is 0 Å². The molecule has 1 atom stereocenters. The number of hydrogen-bond donors (Lipinski definition) is 1. The molecular formula is C35H39N3O4S. The second-order valence-corrected chi connectivity index (χ2v) is 12.6. The van der Waals surface area contributed by atoms with E-state index in [-0.39, 0.29) is 23.8 Å². The Morgan fingerprint density at radius 1 is 0.791 bits per heavy atom. The molecule has 0 fully saturated rings. The third-order valence-electron chi connectivity index (χ3n) is 7.33. The lowest BCUT2D eigenvalue weighted by Gasteiger charge is -2.34. The van der Waals surface area contributed by atoms with Crippen LogP contribution in [0.1, 0.15) is 34.7 Å². The summed E-state index contributed by atoms with van der Waals surface area (Å²) in [5.41, 5.74) is 4.88. The van der Waals surface area contributed by atoms with Gasteiger partial charge in [-0.1, -0.05) is 78.9 Å². The minimum absolute atomic E-state index is 0.0805. The fourth-order valence-corrected chi connectivity index (χ4v) is 6.58. The molecule has 0 radical (unpaired) electrons. The second-order valence-electron chi connectivity index (χ2n) is 10.7. The van der Waals surface area contributed by atoms with Crippen molar-refractivity contribution in [1.82, 2.24) is 10.2 Å². The van der Waals surface area contributed by atoms with E-state index in [1.807, 2.05) is 88.4 Å². The molecule has 0 unspecified atom stereocenters. The highest BCUT2D eigenvalue weighted by Gasteiger charge is 2.34. The maximum absolute atomic E-state index is 14.5. The molecule has 4 rings (SSSR count). The van der Waals surface area contributed by atoms with Crippen LogP contribution in [0, 0.1) is 20.8 Å². The fraction of sp³-hybridized carbons (Fsp3) is 0.257. The average molecular weight is 598 g/mol. The van der Waals surface area contributed by atoms with Gasteiger partial charge in [0.1, 0.15) is 12.6 Å². The molecule has 2 amide bonds. The Morgan fingerprint density at radius 3 is 1.98 bits per heavy atom. The predicted octanol–water partition coefficient (Wildman–Crippen LogP) is 5.58. The van der Waals surface area contributed by atoms with Gasteiger partial charge in [-0.3, -0.25) is 13.9 Å². The molecule has 0 heterocycles. The van der Waals surface area contributed by atoms with Crippen LogP contribution in [0.25, 0.3) is 0 Å². The third kappa shape index (κ3) is 7.90. The fourth-order valence-electron chi connectivity index (χ4n) is 5.16. The van der Waals surface area contributed by atoms with Crippen molar-refractivity contribution in [2.75, 3.05) is 17.4 Å². The van der Waals surface area contributed by atoms with E-state index >= 15 is 0 Å². The summed E-state index contributed by atoms with van der Waals surface area (Å²) < 4.78 is 29.4. The molecule has 7 nitrogen and oxygen atoms in total. The maximum Gasteiger partial charge on any atom is 0.264 e. The van der Waals surface area contributed by atoms with Gasteiger partial charge in [-0.15, -0.1) is 0 Å². The van der Waals surface area contributed by atoms with E-state index < -0.39 is 28.5 Å². The average Bonchev–Trinajstić information content (AvgIpc) is 2.99. The number of nitrogens with one attached hydrogen (secondary N) is 1. The molecule has 0 saturated heterocycles. The lowest BCUT2D eigenvalue weighted by molar-refractivity contribution is -0.140. The van der Waals surface area contributed by atoms with E-state index in [0.29, 0.717) is 12.2 Å². The van der Waals surface area contributed by atoms with Gasteiger partial charge in [0.15, 0.2) is 0 Å². The summed E-state index contributed by atoms with van der Waals surface area (Å²) in [6.07, 6.45) is 0.277. The topological polar surface area (TPSA) is 86.8 Å². The Morgan fingerprint density at radius 2 is 1.37 bits per heavy atom. The number of benzene rings is 4. The van der Waals surface area contributed by atoms with Crippen molar-refractivity contribution in [3.63, 3.8) is 0 Å². The number of nitrogens with zero attached hydrogens (tertiary/aromatic N) is 2. The standard InChI is InChI=1S/C35H39N3O4S/c1-5-36-35(40)33(23-29-15-8-6-9-16-29)37(24-30-17-13-12-14-28(30)4)34(39)25-38(31-21-26(2)20-27(3)22-31)43(41,42)32-18-10-7-11-19-32/h6-22,33H,5,23-25H2,1-4H3,(H,36,40)/t33-/m0/s1. The Balaban J connectivity index is 1.82. The van der Waals surface area contributed by atoms with Crippen molar-refractivity contribution in [3.05, 3.63) is 131 Å². The molecule has 0 bridgehead atoms. The molecule has 43 heavy (non-hydrogen) atoms. The minimum Gasteiger partial charge on any atom is -0.355 e. The van der Waals surface area contributed by atoms with Crippen LogP contribution in [0.3, 0.4) is 0 Å². The van der Waals surface area contributed by atoms with Gasteiger partial charge in [0.25, 0.3) is 10.0 Å². The van der Waals surface area contributed by atoms with Crippen molar-refractivity contribution >= 4 is 27.5 Å². The number of likely N-dealkylation sites (N-methyl/N-ethyl adjacent to an activating group) is 1. The van der Waals surface area contributed by atoms with Crippen LogP contribution in [-0.4, -0.2) is 44.3 Å². The van der Waals surface area contributed by atoms with Crippen LogP contribution in [0.15, 0.2) is 108 Å². The summed E-state index contributed by atoms with van der Waals surface area (Å²) in [5.74, 6) is -0.772. The number of sulfonamides is 1. The first-order chi connectivity index (χ1) is 20.6. The Hall–Kier alpha value is -4.43. The van der Waals surface area contributed by atoms with Crippen molar-refractivity contribution in [2.24, 2.45) is 0 Å². The number of anilines is 1. The van der Waals surface area contributed by atoms with Gasteiger partial charge in [-0.05, 0) is 79.8 Å². The van der Waals surface area contributed by atoms with E-state index in [9.17, 15) is 18.0 Å². The molecule has 4 aromatic rings. The first-order valence-electron chi connectivity index (χ1n) is 14.4. The van der Waals surface area contributed by atoms with E-state index in [1.54, 1.807) is 30.3 Å². The van der Waals surface area contributed by atoms with Crippen LogP contribution < -0.4 is 9.62 Å². The lowest BCUT2D eigenvalue weighted by atomic mass is 10.0. The largest absolute Gasteiger partial charge is 0.355 e. The van der Waals surface area contributed by atoms with E-state index in [4.69, 9.17) is 0 Å². The molecule has 0 saturated carbocycles. The number of amides is 2. The smallest absolute Gasteiger partial charge is 0.264 e. The Kier molecular flexibility index (Phi) is 10.4. The summed E-state index contributed by atoms with van der Waals surface area (Å²) in [5, 5.41) is 2.89. The van der Waals surface area contributed by atoms with Gasteiger partial charge < -0.3 is 10.2 Å². The zero-order valence-electron chi connectivity index (χ0n) is 25.2. The van der Waals surface area contributed by atoms with Crippen molar-refractivity contribution in [1.29, 1.82) is 0 Å². The molecule has 0 aliphatic heterocycles. The first-order valence-corrected chi connectivity index (χ1v) is 15.9. The highest BCUT2D eigenvalue weighted by atomic mass is 32.2. The van der Waals surface area contributed by atoms with Gasteiger partial charge in [0.05, 0.1) is 10.6 Å². The van der Waals surface area contributed by atoms with E-state index in [2.05, 4.69) is 5.32 Å². The van der Waals surface area contributed by atoms with Crippen molar-refractivity contribution < 1.29 is 18.0 Å². The summed E-state index contributed by atoms with van der Waals surface area (Å²) in [6, 6.07) is 29.9. The molecular weight excluding hydrogens is 558 g/mol. The maximum atomic E-state index is 14.5. The Bertz CT molecular complexity index is 1640. The normalized spacial score (nSPS) is 11.9. The molecule has 0 spiro atoms. The summed E-state index contributed by atoms with van der Waals surface area (Å²) in [6.45, 7) is 7.63. The van der Waals surface area contributed by atoms with Crippen LogP contribution in [-0.2, 0) is 32.6 Å². The van der Waals surface area contributed by atoms with Crippen molar-refractivity contribution in [3.8, 4) is 0 Å². The van der Waals surface area contributed by atoms with E-state index in [0.717, 1.165) is 32.1 Å². The highest BCUT2D eigenvalue weighted by molar-refractivity contribution is 7.92. The number of hydrogen-bond acceptors (Lipinski definition) is 4. The minimum atomic E-state index is -4.13. The van der Waals surface area contributed by atoms with Crippen LogP contribution in [0.2, 0.25) is 0 Å². The van der Waals surface area contributed by atoms with Gasteiger partial charge >= 0.3 is 0 Å². The summed E-state index contributed by atoms with van der Waals surface area (Å²) in [4.78, 5) is 29.7. The lowest BCUT2D eigenvalue weighted by Crippen LogP contribution is -2.53. The number of carbonyl (C=O) groups excluding carboxylic acids is 2. The quantitative estimate of drug-likeness (QED) is 0.231. The third-order valence-corrected chi connectivity index (χ3v) is 9.12. The van der Waals surface area contributed by atoms with Gasteiger partial charge in [0, 0.05) is 19.5 Å². The van der Waals surface area contributed by atoms with Gasteiger partial charge in [-0.25, -0.2) is 8.42 Å². The van der Waals surface area contributed by atoms with Crippen LogP contribution >= 0.6 is 0 Å². The van der Waals surface area contributed by atoms with Gasteiger partial charge in [0.2, 0.25) is 11.8 Å². The molecule has 1 N–H and O–H groups in total. The van der Waals surface area contributed by atoms with Crippen molar-refractivity contribution in [2.45, 2.75) is 51.6 Å². The molecule has 8 heteroatoms. The summed E-state index contributed by atoms with van der Waals surface area (Å²) >= 11 is 0. The molecule has 4 aromatic carbocycles. The number of carbonyl (C=O) groups is 2. The first kappa shape index (κ1) is 31.5. The summed E-state index contributed by atoms with van der Waals surface area (Å²) in [7, 11) is -4.13. The second kappa shape index (κ2) is 14.2. The zero-order valence-corrected chi connectivity index (χ0v) is 26.0. The highest BCUT2D eigenvalue weighted by Crippen LogP contribution is 2.27. The van der Waals surface area contributed by atoms with Gasteiger partial charge in [-0.2, -0.15) is 0 Å². The monoisotopic (exact) mass is 597 g/mol. The zero-order chi connectivity index (χ0) is 31.0. The SMILES string of the molecule is CCNC(=O)[C@H](Cc1ccccc1)N(Cc1ccccc1C)C(=O)CN(c1cc(C)cc(C)c1)S(=O)(=O)c1ccccc1.